The van der Waals surface area contributed by atoms with Crippen LogP contribution < -0.4 is 5.32 Å². The Bertz CT molecular complexity index is 1040. The van der Waals surface area contributed by atoms with Crippen LogP contribution in [0.15, 0.2) is 52.3 Å². The first-order chi connectivity index (χ1) is 13.1. The number of carbonyl (C=O) groups is 2. The third kappa shape index (κ3) is 3.74. The van der Waals surface area contributed by atoms with Crippen LogP contribution in [-0.4, -0.2) is 36.3 Å². The predicted molar refractivity (Wildman–Crippen MR) is 101 cm³/mol. The van der Waals surface area contributed by atoms with Crippen molar-refractivity contribution in [2.75, 3.05) is 5.32 Å². The number of hydrogen-bond acceptors (Lipinski definition) is 5. The Morgan fingerprint density at radius 1 is 1.11 bits per heavy atom. The van der Waals surface area contributed by atoms with Gasteiger partial charge in [-0.3, -0.25) is 9.59 Å². The van der Waals surface area contributed by atoms with Crippen LogP contribution in [0.5, 0.6) is 0 Å². The molecule has 0 radical (unpaired) electrons. The maximum Gasteiger partial charge on any atom is 0.288 e. The molecule has 2 aromatic carbocycles. The van der Waals surface area contributed by atoms with E-state index >= 15 is 0 Å². The van der Waals surface area contributed by atoms with Gasteiger partial charge in [-0.2, -0.15) is 8.78 Å². The number of alkyl halides is 2. The van der Waals surface area contributed by atoms with E-state index in [9.17, 15) is 26.8 Å². The molecule has 1 aliphatic rings. The Kier molecular flexibility index (Phi) is 5.44. The molecule has 0 aromatic heterocycles. The molecular formula is C18H16F2N2O4S2. The number of anilines is 1. The second-order valence-electron chi connectivity index (χ2n) is 6.27. The van der Waals surface area contributed by atoms with Gasteiger partial charge in [0.25, 0.3) is 27.6 Å². The van der Waals surface area contributed by atoms with E-state index < -0.39 is 33.6 Å². The largest absolute Gasteiger partial charge is 0.322 e. The molecular weight excluding hydrogens is 410 g/mol. The zero-order chi connectivity index (χ0) is 20.6. The normalized spacial score (nSPS) is 15.2. The number of carbonyl (C=O) groups excluding carboxylic acids is 2. The first-order valence-corrected chi connectivity index (χ1v) is 10.5. The summed E-state index contributed by atoms with van der Waals surface area (Å²) in [6.45, 7) is 3.18. The summed E-state index contributed by atoms with van der Waals surface area (Å²) in [6.07, 6.45) is 0. The predicted octanol–water partition coefficient (Wildman–Crippen LogP) is 3.81. The first-order valence-electron chi connectivity index (χ1n) is 8.20. The van der Waals surface area contributed by atoms with E-state index in [0.717, 1.165) is 4.31 Å². The quantitative estimate of drug-likeness (QED) is 0.735. The topological polar surface area (TPSA) is 83.6 Å². The van der Waals surface area contributed by atoms with Crippen LogP contribution in [0.2, 0.25) is 0 Å². The molecule has 1 aliphatic heterocycles. The molecule has 0 aliphatic carbocycles. The first kappa shape index (κ1) is 20.3. The molecule has 3 rings (SSSR count). The van der Waals surface area contributed by atoms with Crippen molar-refractivity contribution in [1.29, 1.82) is 0 Å². The van der Waals surface area contributed by atoms with Crippen molar-refractivity contribution in [2.45, 2.75) is 35.4 Å². The number of hydrogen-bond donors (Lipinski definition) is 1. The average molecular weight is 426 g/mol. The fraction of sp³-hybridized carbons (Fsp3) is 0.222. The van der Waals surface area contributed by atoms with Gasteiger partial charge in [0.15, 0.2) is 0 Å². The number of rotatable bonds is 5. The van der Waals surface area contributed by atoms with E-state index in [-0.39, 0.29) is 16.0 Å². The SMILES string of the molecule is CC(C)N1C(=O)c2ccc(C(=O)Nc3ccc(SC(F)F)cc3)cc2S1(=O)=O. The minimum absolute atomic E-state index is 0.0265. The number of thioether (sulfide) groups is 1. The second-order valence-corrected chi connectivity index (χ2v) is 9.11. The molecule has 10 heteroatoms. The van der Waals surface area contributed by atoms with Crippen molar-refractivity contribution in [1.82, 2.24) is 4.31 Å². The summed E-state index contributed by atoms with van der Waals surface area (Å²) < 4.78 is 50.7. The minimum Gasteiger partial charge on any atom is -0.322 e. The fourth-order valence-corrected chi connectivity index (χ4v) is 5.11. The third-order valence-corrected chi connectivity index (χ3v) is 6.74. The van der Waals surface area contributed by atoms with Gasteiger partial charge in [-0.05, 0) is 56.3 Å². The highest BCUT2D eigenvalue weighted by Gasteiger charge is 2.42. The lowest BCUT2D eigenvalue weighted by Gasteiger charge is -2.18. The standard InChI is InChI=1S/C18H16F2N2O4S2/c1-10(2)22-17(24)14-8-3-11(9-15(14)28(22,25)26)16(23)21-12-4-6-13(7-5-12)27-18(19)20/h3-10,18H,1-2H3,(H,21,23). The monoisotopic (exact) mass is 426 g/mol. The summed E-state index contributed by atoms with van der Waals surface area (Å²) in [5, 5.41) is 2.57. The van der Waals surface area contributed by atoms with Gasteiger partial charge in [0.1, 0.15) is 4.90 Å². The van der Waals surface area contributed by atoms with Gasteiger partial charge in [-0.15, -0.1) is 0 Å². The number of amides is 2. The van der Waals surface area contributed by atoms with Gasteiger partial charge in [-0.25, -0.2) is 12.7 Å². The number of nitrogens with one attached hydrogen (secondary N) is 1. The molecule has 1 N–H and O–H groups in total. The van der Waals surface area contributed by atoms with Gasteiger partial charge in [-0.1, -0.05) is 11.8 Å². The lowest BCUT2D eigenvalue weighted by molar-refractivity contribution is 0.0846. The summed E-state index contributed by atoms with van der Waals surface area (Å²) in [7, 11) is -4.01. The van der Waals surface area contributed by atoms with Crippen molar-refractivity contribution in [3.8, 4) is 0 Å². The Morgan fingerprint density at radius 2 is 1.75 bits per heavy atom. The maximum atomic E-state index is 12.6. The summed E-state index contributed by atoms with van der Waals surface area (Å²) in [6, 6.07) is 9.13. The molecule has 6 nitrogen and oxygen atoms in total. The summed E-state index contributed by atoms with van der Waals surface area (Å²) in [5.74, 6) is -3.74. The van der Waals surface area contributed by atoms with Crippen LogP contribution >= 0.6 is 11.8 Å². The highest BCUT2D eigenvalue weighted by molar-refractivity contribution is 7.99. The molecule has 2 aromatic rings. The fourth-order valence-electron chi connectivity index (χ4n) is 2.82. The van der Waals surface area contributed by atoms with Crippen molar-refractivity contribution in [3.63, 3.8) is 0 Å². The molecule has 148 valence electrons. The van der Waals surface area contributed by atoms with E-state index in [2.05, 4.69) is 5.32 Å². The minimum atomic E-state index is -4.01. The van der Waals surface area contributed by atoms with Gasteiger partial charge in [0.2, 0.25) is 0 Å². The number of fused-ring (bicyclic) bond motifs is 1. The van der Waals surface area contributed by atoms with Crippen molar-refractivity contribution >= 4 is 39.3 Å². The van der Waals surface area contributed by atoms with E-state index in [1.165, 1.54) is 42.5 Å². The van der Waals surface area contributed by atoms with Gasteiger partial charge in [0, 0.05) is 22.2 Å². The van der Waals surface area contributed by atoms with Crippen LogP contribution in [0.3, 0.4) is 0 Å². The highest BCUT2D eigenvalue weighted by Crippen LogP contribution is 2.33. The second kappa shape index (κ2) is 7.51. The van der Waals surface area contributed by atoms with Crippen LogP contribution in [0, 0.1) is 0 Å². The lowest BCUT2D eigenvalue weighted by Crippen LogP contribution is -2.36. The lowest BCUT2D eigenvalue weighted by atomic mass is 10.1. The van der Waals surface area contributed by atoms with Crippen LogP contribution in [0.1, 0.15) is 34.6 Å². The Hall–Kier alpha value is -2.46. The van der Waals surface area contributed by atoms with Gasteiger partial charge >= 0.3 is 0 Å². The molecule has 28 heavy (non-hydrogen) atoms. The molecule has 1 heterocycles. The van der Waals surface area contributed by atoms with E-state index in [1.807, 2.05) is 0 Å². The number of sulfonamides is 1. The molecule has 0 bridgehead atoms. The maximum absolute atomic E-state index is 12.6. The summed E-state index contributed by atoms with van der Waals surface area (Å²) >= 11 is 0.389. The van der Waals surface area contributed by atoms with Crippen molar-refractivity contribution in [2.24, 2.45) is 0 Å². The van der Waals surface area contributed by atoms with Crippen LogP contribution in [0.4, 0.5) is 14.5 Å². The smallest absolute Gasteiger partial charge is 0.288 e. The molecule has 0 saturated heterocycles. The van der Waals surface area contributed by atoms with Crippen LogP contribution in [0.25, 0.3) is 0 Å². The third-order valence-electron chi connectivity index (χ3n) is 4.02. The molecule has 0 unspecified atom stereocenters. The van der Waals surface area contributed by atoms with E-state index in [4.69, 9.17) is 0 Å². The zero-order valence-corrected chi connectivity index (χ0v) is 16.5. The number of nitrogens with zero attached hydrogens (tertiary/aromatic N) is 1. The average Bonchev–Trinajstić information content (AvgIpc) is 2.81. The Labute approximate surface area is 165 Å². The molecule has 0 saturated carbocycles. The van der Waals surface area contributed by atoms with Gasteiger partial charge in [0.05, 0.1) is 5.56 Å². The molecule has 2 amide bonds. The van der Waals surface area contributed by atoms with Crippen molar-refractivity contribution in [3.05, 3.63) is 53.6 Å². The molecule has 0 spiro atoms. The zero-order valence-electron chi connectivity index (χ0n) is 14.8. The highest BCUT2D eigenvalue weighted by atomic mass is 32.2. The van der Waals surface area contributed by atoms with E-state index in [1.54, 1.807) is 13.8 Å². The van der Waals surface area contributed by atoms with Crippen molar-refractivity contribution < 1.29 is 26.8 Å². The summed E-state index contributed by atoms with van der Waals surface area (Å²) in [5.41, 5.74) is 0.456. The molecule has 0 atom stereocenters. The van der Waals surface area contributed by atoms with E-state index in [0.29, 0.717) is 22.3 Å². The van der Waals surface area contributed by atoms with Gasteiger partial charge < -0.3 is 5.32 Å². The Balaban J connectivity index is 1.84. The number of benzene rings is 2. The number of halogens is 2. The van der Waals surface area contributed by atoms with Crippen LogP contribution in [-0.2, 0) is 10.0 Å². The summed E-state index contributed by atoms with van der Waals surface area (Å²) in [4.78, 5) is 24.9. The molecule has 0 fully saturated rings. The Morgan fingerprint density at radius 3 is 2.32 bits per heavy atom.